The van der Waals surface area contributed by atoms with Crippen LogP contribution in [0.15, 0.2) is 116 Å². The summed E-state index contributed by atoms with van der Waals surface area (Å²) in [6.07, 6.45) is 5.84. The zero-order valence-electron chi connectivity index (χ0n) is 18.8. The topological polar surface area (TPSA) is 30.2 Å². The van der Waals surface area contributed by atoms with Gasteiger partial charge in [0.25, 0.3) is 0 Å². The van der Waals surface area contributed by atoms with Gasteiger partial charge in [0.15, 0.2) is 0 Å². The van der Waals surface area contributed by atoms with Crippen molar-refractivity contribution in [1.29, 1.82) is 0 Å². The quantitative estimate of drug-likeness (QED) is 0.239. The predicted molar refractivity (Wildman–Crippen MR) is 146 cm³/mol. The van der Waals surface area contributed by atoms with Crippen LogP contribution in [0.5, 0.6) is 0 Å². The van der Waals surface area contributed by atoms with Gasteiger partial charge in [-0.25, -0.2) is 9.97 Å². The molecular weight excluding hydrogens is 426 g/mol. The molecule has 0 saturated heterocycles. The van der Waals surface area contributed by atoms with Crippen molar-refractivity contribution in [2.75, 3.05) is 0 Å². The number of nitrogens with zero attached hydrogens (tertiary/aromatic N) is 3. The van der Waals surface area contributed by atoms with E-state index in [0.717, 1.165) is 11.3 Å². The molecule has 2 aromatic heterocycles. The number of hydrogen-bond donors (Lipinski definition) is 0. The van der Waals surface area contributed by atoms with Gasteiger partial charge in [0, 0.05) is 24.2 Å². The first kappa shape index (κ1) is 18.6. The second kappa shape index (κ2) is 6.87. The van der Waals surface area contributed by atoms with E-state index < -0.39 is 0 Å². The first-order valence-electron chi connectivity index (χ1n) is 11.8. The Morgan fingerprint density at radius 2 is 1.20 bits per heavy atom. The van der Waals surface area contributed by atoms with Crippen LogP contribution >= 0.6 is 0 Å². The van der Waals surface area contributed by atoms with Crippen LogP contribution in [-0.2, 0) is 0 Å². The Morgan fingerprint density at radius 1 is 0.543 bits per heavy atom. The standard InChI is InChI=1S/C32H19N3/c1-3-10-25-23(8-1)24-9-2-4-11-26(24)28-18-22(29-19-35-16-6-15-33-32(35)34-29)17-21-14-13-20-7-5-12-27(25)30(20)31(21)28/h1-19H. The summed E-state index contributed by atoms with van der Waals surface area (Å²) in [6.45, 7) is 0. The molecule has 8 rings (SSSR count). The summed E-state index contributed by atoms with van der Waals surface area (Å²) in [6, 6.07) is 35.2. The lowest BCUT2D eigenvalue weighted by atomic mass is 9.89. The fourth-order valence-corrected chi connectivity index (χ4v) is 5.70. The zero-order valence-corrected chi connectivity index (χ0v) is 18.8. The number of benzene rings is 5. The average molecular weight is 446 g/mol. The molecule has 0 unspecified atom stereocenters. The molecule has 0 aliphatic carbocycles. The highest BCUT2D eigenvalue weighted by Crippen LogP contribution is 2.41. The molecular formula is C32H19N3. The highest BCUT2D eigenvalue weighted by atomic mass is 15.1. The van der Waals surface area contributed by atoms with E-state index in [0.29, 0.717) is 5.78 Å². The van der Waals surface area contributed by atoms with Crippen LogP contribution in [0.2, 0.25) is 0 Å². The first-order chi connectivity index (χ1) is 17.3. The van der Waals surface area contributed by atoms with E-state index >= 15 is 0 Å². The maximum atomic E-state index is 4.83. The molecule has 0 fully saturated rings. The molecule has 2 heterocycles. The average Bonchev–Trinajstić information content (AvgIpc) is 3.36. The maximum Gasteiger partial charge on any atom is 0.234 e. The van der Waals surface area contributed by atoms with Crippen LogP contribution in [0.3, 0.4) is 0 Å². The van der Waals surface area contributed by atoms with Gasteiger partial charge in [-0.1, -0.05) is 78.9 Å². The van der Waals surface area contributed by atoms with E-state index in [1.807, 2.05) is 16.7 Å². The molecule has 8 aromatic rings. The summed E-state index contributed by atoms with van der Waals surface area (Å²) in [5.41, 5.74) is 2.02. The highest BCUT2D eigenvalue weighted by Gasteiger charge is 2.14. The number of aromatic nitrogens is 3. The van der Waals surface area contributed by atoms with Crippen LogP contribution in [-0.4, -0.2) is 14.4 Å². The smallest absolute Gasteiger partial charge is 0.234 e. The first-order valence-corrected chi connectivity index (χ1v) is 11.8. The fraction of sp³-hybridized carbons (Fsp3) is 0. The molecule has 3 nitrogen and oxygen atoms in total. The maximum absolute atomic E-state index is 4.83. The third kappa shape index (κ3) is 2.61. The lowest BCUT2D eigenvalue weighted by Crippen LogP contribution is -1.87. The zero-order chi connectivity index (χ0) is 22.9. The molecule has 0 aliphatic heterocycles. The van der Waals surface area contributed by atoms with E-state index in [2.05, 4.69) is 102 Å². The number of fused-ring (bicyclic) bond motifs is 6. The Kier molecular flexibility index (Phi) is 3.66. The molecule has 162 valence electrons. The summed E-state index contributed by atoms with van der Waals surface area (Å²) in [7, 11) is 0. The molecule has 0 bridgehead atoms. The van der Waals surface area contributed by atoms with Crippen LogP contribution in [0.4, 0.5) is 0 Å². The Labute approximate surface area is 200 Å². The molecule has 0 amide bonds. The fourth-order valence-electron chi connectivity index (χ4n) is 5.70. The van der Waals surface area contributed by atoms with Crippen molar-refractivity contribution in [3.63, 3.8) is 0 Å². The van der Waals surface area contributed by atoms with Crippen LogP contribution in [0.1, 0.15) is 0 Å². The molecule has 3 heteroatoms. The molecule has 0 spiro atoms. The van der Waals surface area contributed by atoms with Gasteiger partial charge in [-0.15, -0.1) is 0 Å². The minimum atomic E-state index is 0.709. The van der Waals surface area contributed by atoms with Crippen LogP contribution < -0.4 is 0 Å². The SMILES string of the molecule is c1ccc2c(c1)c1ccccc1c1cc(-c3cn4cccnc4n3)cc3ccc4cccc2c4c31. The number of hydrogen-bond acceptors (Lipinski definition) is 2. The summed E-state index contributed by atoms with van der Waals surface area (Å²) in [4.78, 5) is 9.25. The van der Waals surface area contributed by atoms with Crippen molar-refractivity contribution in [2.45, 2.75) is 0 Å². The number of imidazole rings is 1. The van der Waals surface area contributed by atoms with E-state index in [1.165, 1.54) is 53.9 Å². The van der Waals surface area contributed by atoms with E-state index in [1.54, 1.807) is 6.20 Å². The monoisotopic (exact) mass is 445 g/mol. The van der Waals surface area contributed by atoms with E-state index in [9.17, 15) is 0 Å². The van der Waals surface area contributed by atoms with Gasteiger partial charge in [-0.3, -0.25) is 4.40 Å². The van der Waals surface area contributed by atoms with Crippen LogP contribution in [0.25, 0.3) is 70.9 Å². The van der Waals surface area contributed by atoms with Gasteiger partial charge in [0.2, 0.25) is 5.78 Å². The van der Waals surface area contributed by atoms with Gasteiger partial charge in [-0.05, 0) is 72.1 Å². The molecule has 0 saturated carbocycles. The summed E-state index contributed by atoms with van der Waals surface area (Å²) in [5.74, 6) is 0.709. The van der Waals surface area contributed by atoms with Crippen LogP contribution in [0, 0.1) is 0 Å². The Bertz CT molecular complexity index is 2090. The Balaban J connectivity index is 1.66. The van der Waals surface area contributed by atoms with Crippen molar-refractivity contribution in [3.8, 4) is 11.3 Å². The minimum Gasteiger partial charge on any atom is -0.291 e. The van der Waals surface area contributed by atoms with Crippen molar-refractivity contribution in [2.24, 2.45) is 0 Å². The van der Waals surface area contributed by atoms with Crippen molar-refractivity contribution in [3.05, 3.63) is 116 Å². The lowest BCUT2D eigenvalue weighted by molar-refractivity contribution is 1.11. The van der Waals surface area contributed by atoms with E-state index in [-0.39, 0.29) is 0 Å². The molecule has 0 radical (unpaired) electrons. The molecule has 0 aliphatic rings. The predicted octanol–water partition coefficient (Wildman–Crippen LogP) is 8.16. The molecule has 35 heavy (non-hydrogen) atoms. The third-order valence-corrected chi connectivity index (χ3v) is 7.21. The second-order valence-electron chi connectivity index (χ2n) is 9.14. The van der Waals surface area contributed by atoms with Gasteiger partial charge in [0.05, 0.1) is 5.69 Å². The van der Waals surface area contributed by atoms with Crippen molar-refractivity contribution in [1.82, 2.24) is 14.4 Å². The summed E-state index contributed by atoms with van der Waals surface area (Å²) >= 11 is 0. The van der Waals surface area contributed by atoms with Gasteiger partial charge in [-0.2, -0.15) is 0 Å². The van der Waals surface area contributed by atoms with Gasteiger partial charge in [0.1, 0.15) is 0 Å². The van der Waals surface area contributed by atoms with Gasteiger partial charge >= 0.3 is 0 Å². The summed E-state index contributed by atoms with van der Waals surface area (Å²) < 4.78 is 1.98. The Hall–Kier alpha value is -4.76. The minimum absolute atomic E-state index is 0.709. The van der Waals surface area contributed by atoms with Crippen molar-refractivity contribution < 1.29 is 0 Å². The van der Waals surface area contributed by atoms with Crippen molar-refractivity contribution >= 4 is 59.6 Å². The lowest BCUT2D eigenvalue weighted by Gasteiger charge is -2.14. The Morgan fingerprint density at radius 3 is 1.97 bits per heavy atom. The third-order valence-electron chi connectivity index (χ3n) is 7.21. The molecule has 6 aromatic carbocycles. The molecule has 0 N–H and O–H groups in total. The van der Waals surface area contributed by atoms with Gasteiger partial charge < -0.3 is 0 Å². The second-order valence-corrected chi connectivity index (χ2v) is 9.14. The van der Waals surface area contributed by atoms with E-state index in [4.69, 9.17) is 4.98 Å². The summed E-state index contributed by atoms with van der Waals surface area (Å²) in [5, 5.41) is 12.7. The normalized spacial score (nSPS) is 12.0. The highest BCUT2D eigenvalue weighted by molar-refractivity contribution is 6.33. The number of rotatable bonds is 1. The molecule has 0 atom stereocenters. The largest absolute Gasteiger partial charge is 0.291 e.